The van der Waals surface area contributed by atoms with Crippen molar-refractivity contribution in [3.05, 3.63) is 105 Å². The number of anilines is 1. The van der Waals surface area contributed by atoms with E-state index in [1.54, 1.807) is 37.3 Å². The smallest absolute Gasteiger partial charge is 0.322 e. The van der Waals surface area contributed by atoms with E-state index in [9.17, 15) is 24.1 Å². The first-order valence-corrected chi connectivity index (χ1v) is 11.4. The first kappa shape index (κ1) is 25.5. The number of hydrogen-bond donors (Lipinski definition) is 1. The van der Waals surface area contributed by atoms with Crippen LogP contribution in [0.1, 0.15) is 18.8 Å². The van der Waals surface area contributed by atoms with Crippen molar-refractivity contribution in [2.24, 2.45) is 0 Å². The minimum Gasteiger partial charge on any atom is -0.383 e. The first-order chi connectivity index (χ1) is 17.8. The zero-order valence-corrected chi connectivity index (χ0v) is 20.1. The van der Waals surface area contributed by atoms with E-state index >= 15 is 0 Å². The summed E-state index contributed by atoms with van der Waals surface area (Å²) in [6.45, 7) is 1.98. The number of nitro benzene ring substituents is 1. The highest BCUT2D eigenvalue weighted by molar-refractivity contribution is 5.89. The van der Waals surface area contributed by atoms with Crippen LogP contribution >= 0.6 is 0 Å². The molecule has 0 fully saturated rings. The van der Waals surface area contributed by atoms with E-state index in [1.165, 1.54) is 59.0 Å². The molecule has 1 unspecified atom stereocenters. The van der Waals surface area contributed by atoms with Gasteiger partial charge in [0.1, 0.15) is 11.6 Å². The Labute approximate surface area is 211 Å². The van der Waals surface area contributed by atoms with E-state index in [4.69, 9.17) is 4.74 Å². The van der Waals surface area contributed by atoms with Crippen molar-refractivity contribution in [2.75, 3.05) is 25.6 Å². The molecule has 0 aliphatic rings. The Morgan fingerprint density at radius 2 is 1.81 bits per heavy atom. The molecule has 37 heavy (non-hydrogen) atoms. The molecule has 0 saturated heterocycles. The van der Waals surface area contributed by atoms with Crippen molar-refractivity contribution in [3.8, 4) is 5.69 Å². The fraction of sp³-hybridized carbons (Fsp3) is 0.192. The van der Waals surface area contributed by atoms with E-state index in [-0.39, 0.29) is 30.4 Å². The minimum atomic E-state index is -0.801. The van der Waals surface area contributed by atoms with Gasteiger partial charge in [0.15, 0.2) is 0 Å². The monoisotopic (exact) mass is 505 g/mol. The zero-order valence-electron chi connectivity index (χ0n) is 20.1. The molecule has 0 spiro atoms. The third-order valence-corrected chi connectivity index (χ3v) is 5.86. The molecule has 0 aliphatic heterocycles. The normalized spacial score (nSPS) is 11.8. The van der Waals surface area contributed by atoms with Crippen LogP contribution in [0.15, 0.2) is 77.6 Å². The summed E-state index contributed by atoms with van der Waals surface area (Å²) in [6.07, 6.45) is 0. The summed E-state index contributed by atoms with van der Waals surface area (Å²) in [5.41, 5.74) is 0.166. The molecule has 11 heteroatoms. The molecule has 1 aromatic heterocycles. The number of halogens is 1. The number of rotatable bonds is 8. The number of nitrogens with one attached hydrogen (secondary N) is 1. The molecule has 2 amide bonds. The second-order valence-corrected chi connectivity index (χ2v) is 8.18. The van der Waals surface area contributed by atoms with Crippen LogP contribution in [0.2, 0.25) is 0 Å². The maximum Gasteiger partial charge on any atom is 0.322 e. The number of carbonyl (C=O) groups is 1. The van der Waals surface area contributed by atoms with Gasteiger partial charge in [0, 0.05) is 31.5 Å². The highest BCUT2D eigenvalue weighted by Gasteiger charge is 2.27. The summed E-state index contributed by atoms with van der Waals surface area (Å²) < 4.78 is 21.3. The van der Waals surface area contributed by atoms with Crippen LogP contribution in [-0.4, -0.2) is 45.7 Å². The Morgan fingerprint density at radius 3 is 2.49 bits per heavy atom. The van der Waals surface area contributed by atoms with Crippen LogP contribution in [-0.2, 0) is 4.74 Å². The molecule has 190 valence electrons. The maximum absolute atomic E-state index is 14.9. The van der Waals surface area contributed by atoms with Gasteiger partial charge in [-0.3, -0.25) is 19.5 Å². The predicted molar refractivity (Wildman–Crippen MR) is 136 cm³/mol. The second-order valence-electron chi connectivity index (χ2n) is 8.18. The van der Waals surface area contributed by atoms with Gasteiger partial charge in [-0.15, -0.1) is 0 Å². The molecule has 10 nitrogen and oxygen atoms in total. The maximum atomic E-state index is 14.9. The average molecular weight is 506 g/mol. The van der Waals surface area contributed by atoms with Crippen molar-refractivity contribution >= 4 is 28.3 Å². The van der Waals surface area contributed by atoms with Gasteiger partial charge in [0.05, 0.1) is 34.2 Å². The summed E-state index contributed by atoms with van der Waals surface area (Å²) in [5, 5.41) is 14.0. The lowest BCUT2D eigenvalue weighted by atomic mass is 10.2. The Kier molecular flexibility index (Phi) is 7.54. The molecule has 3 aromatic carbocycles. The number of amides is 2. The molecule has 1 heterocycles. The lowest BCUT2D eigenvalue weighted by Gasteiger charge is -2.30. The van der Waals surface area contributed by atoms with Gasteiger partial charge in [0.2, 0.25) is 0 Å². The summed E-state index contributed by atoms with van der Waals surface area (Å²) in [5.74, 6) is -0.461. The molecular formula is C26H24FN5O5. The number of benzene rings is 3. The van der Waals surface area contributed by atoms with E-state index < -0.39 is 28.4 Å². The van der Waals surface area contributed by atoms with Crippen LogP contribution in [0.5, 0.6) is 0 Å². The van der Waals surface area contributed by atoms with Gasteiger partial charge < -0.3 is 15.0 Å². The largest absolute Gasteiger partial charge is 0.383 e. The Balaban J connectivity index is 1.79. The van der Waals surface area contributed by atoms with Crippen molar-refractivity contribution < 1.29 is 18.8 Å². The summed E-state index contributed by atoms with van der Waals surface area (Å²) in [6, 6.07) is 16.6. The number of nitrogens with zero attached hydrogens (tertiary/aromatic N) is 4. The van der Waals surface area contributed by atoms with Crippen molar-refractivity contribution in [2.45, 2.75) is 13.0 Å². The number of hydrogen-bond acceptors (Lipinski definition) is 6. The number of fused-ring (bicyclic) bond motifs is 1. The van der Waals surface area contributed by atoms with Gasteiger partial charge in [-0.1, -0.05) is 24.3 Å². The van der Waals surface area contributed by atoms with E-state index in [0.717, 1.165) is 0 Å². The second kappa shape index (κ2) is 11.0. The first-order valence-electron chi connectivity index (χ1n) is 11.4. The number of aromatic nitrogens is 2. The number of para-hydroxylation sites is 2. The predicted octanol–water partition coefficient (Wildman–Crippen LogP) is 4.67. The van der Waals surface area contributed by atoms with Gasteiger partial charge in [-0.05, 0) is 43.3 Å². The van der Waals surface area contributed by atoms with Gasteiger partial charge in [-0.2, -0.15) is 0 Å². The number of urea groups is 1. The molecule has 0 aliphatic carbocycles. The van der Waals surface area contributed by atoms with Crippen LogP contribution in [0.4, 0.5) is 20.6 Å². The van der Waals surface area contributed by atoms with E-state index in [2.05, 4.69) is 10.3 Å². The standard InChI is InChI=1S/C26H24FN5O5/c1-17(30(15-16-37-2)26(34)28-18-11-13-19(14-12-18)32(35)36)24-29-22-9-5-3-7-20(22)25(33)31(24)23-10-6-4-8-21(23)27/h3-14,17H,15-16H2,1-2H3,(H,28,34). The average Bonchev–Trinajstić information content (AvgIpc) is 2.89. The highest BCUT2D eigenvalue weighted by atomic mass is 19.1. The van der Waals surface area contributed by atoms with Crippen molar-refractivity contribution in [3.63, 3.8) is 0 Å². The number of methoxy groups -OCH3 is 1. The summed E-state index contributed by atoms with van der Waals surface area (Å²) in [4.78, 5) is 43.4. The molecule has 4 aromatic rings. The fourth-order valence-electron chi connectivity index (χ4n) is 3.96. The Morgan fingerprint density at radius 1 is 1.14 bits per heavy atom. The fourth-order valence-corrected chi connectivity index (χ4v) is 3.96. The quantitative estimate of drug-likeness (QED) is 0.274. The van der Waals surface area contributed by atoms with Crippen LogP contribution in [0.25, 0.3) is 16.6 Å². The SMILES string of the molecule is COCCN(C(=O)Nc1ccc([N+](=O)[O-])cc1)C(C)c1nc2ccccc2c(=O)n1-c1ccccc1F. The van der Waals surface area contributed by atoms with Crippen LogP contribution < -0.4 is 10.9 Å². The zero-order chi connectivity index (χ0) is 26.5. The van der Waals surface area contributed by atoms with Crippen molar-refractivity contribution in [1.82, 2.24) is 14.5 Å². The van der Waals surface area contributed by atoms with Gasteiger partial charge >= 0.3 is 6.03 Å². The highest BCUT2D eigenvalue weighted by Crippen LogP contribution is 2.25. The molecule has 1 atom stereocenters. The van der Waals surface area contributed by atoms with E-state index in [1.807, 2.05) is 0 Å². The Hall–Kier alpha value is -4.64. The lowest BCUT2D eigenvalue weighted by molar-refractivity contribution is -0.384. The number of carbonyl (C=O) groups excluding carboxylic acids is 1. The molecule has 0 radical (unpaired) electrons. The topological polar surface area (TPSA) is 120 Å². The Bertz CT molecular complexity index is 1510. The number of nitro groups is 1. The number of ether oxygens (including phenoxy) is 1. The van der Waals surface area contributed by atoms with Gasteiger partial charge in [-0.25, -0.2) is 14.2 Å². The van der Waals surface area contributed by atoms with E-state index in [0.29, 0.717) is 16.6 Å². The van der Waals surface area contributed by atoms with Gasteiger partial charge in [0.25, 0.3) is 11.2 Å². The molecule has 1 N–H and O–H groups in total. The summed E-state index contributed by atoms with van der Waals surface area (Å²) >= 11 is 0. The third-order valence-electron chi connectivity index (χ3n) is 5.86. The molecule has 0 saturated carbocycles. The molecule has 0 bridgehead atoms. The third kappa shape index (κ3) is 5.31. The summed E-state index contributed by atoms with van der Waals surface area (Å²) in [7, 11) is 1.49. The van der Waals surface area contributed by atoms with Crippen LogP contribution in [0.3, 0.4) is 0 Å². The molecular weight excluding hydrogens is 481 g/mol. The molecule has 4 rings (SSSR count). The minimum absolute atomic E-state index is 0.00933. The number of non-ortho nitro benzene ring substituents is 1. The van der Waals surface area contributed by atoms with Crippen molar-refractivity contribution in [1.29, 1.82) is 0 Å². The van der Waals surface area contributed by atoms with Crippen LogP contribution in [0, 0.1) is 15.9 Å². The lowest BCUT2D eigenvalue weighted by Crippen LogP contribution is -2.41.